The van der Waals surface area contributed by atoms with Gasteiger partial charge in [0.2, 0.25) is 0 Å². The van der Waals surface area contributed by atoms with Crippen LogP contribution in [0, 0.1) is 0 Å². The lowest BCUT2D eigenvalue weighted by molar-refractivity contribution is 0.243. The van der Waals surface area contributed by atoms with Crippen molar-refractivity contribution in [2.24, 2.45) is 0 Å². The zero-order valence-corrected chi connectivity index (χ0v) is 10.7. The van der Waals surface area contributed by atoms with Gasteiger partial charge in [-0.3, -0.25) is 4.57 Å². The summed E-state index contributed by atoms with van der Waals surface area (Å²) in [6.07, 6.45) is 4.03. The van der Waals surface area contributed by atoms with Gasteiger partial charge in [-0.05, 0) is 0 Å². The molecule has 0 bridgehead atoms. The Balaban J connectivity index is 0. The zero-order chi connectivity index (χ0) is 12.3. The topological polar surface area (TPSA) is 46.9 Å². The molecule has 0 atom stereocenters. The number of carbonyl (C=O) groups excluding carboxylic acids is 1. The molecule has 0 aromatic carbocycles. The second kappa shape index (κ2) is 10.8. The molecule has 88 valence electrons. The fourth-order valence-electron chi connectivity index (χ4n) is 0.901. The molecule has 0 aliphatic heterocycles. The molecule has 15 heavy (non-hydrogen) atoms. The molecule has 1 amide bonds. The molecular formula is C11H23N3O. The summed E-state index contributed by atoms with van der Waals surface area (Å²) in [5.74, 6) is 0.782. The molecule has 1 rings (SSSR count). The molecule has 4 heteroatoms. The highest BCUT2D eigenvalue weighted by atomic mass is 16.2. The van der Waals surface area contributed by atoms with Crippen molar-refractivity contribution >= 4 is 6.03 Å². The number of hydrogen-bond acceptors (Lipinski definition) is 2. The standard InChI is InChI=1S/C7H11N3O.2C2H6/c1-3-6-9-4-5-10(6)7(11)8-2;2*1-2/h4-5H,3H2,1-2H3,(H,8,11);2*1-2H3. The van der Waals surface area contributed by atoms with Gasteiger partial charge in [-0.1, -0.05) is 34.6 Å². The van der Waals surface area contributed by atoms with E-state index in [2.05, 4.69) is 10.3 Å². The van der Waals surface area contributed by atoms with Crippen LogP contribution in [0.1, 0.15) is 40.4 Å². The molecule has 1 aromatic rings. The van der Waals surface area contributed by atoms with Gasteiger partial charge in [-0.15, -0.1) is 0 Å². The van der Waals surface area contributed by atoms with Gasteiger partial charge in [0.25, 0.3) is 0 Å². The summed E-state index contributed by atoms with van der Waals surface area (Å²) in [6.45, 7) is 9.96. The summed E-state index contributed by atoms with van der Waals surface area (Å²) >= 11 is 0. The van der Waals surface area contributed by atoms with Crippen LogP contribution >= 0.6 is 0 Å². The average molecular weight is 213 g/mol. The van der Waals surface area contributed by atoms with E-state index in [1.54, 1.807) is 19.4 Å². The molecule has 1 aromatic heterocycles. The number of imidazole rings is 1. The fourth-order valence-corrected chi connectivity index (χ4v) is 0.901. The van der Waals surface area contributed by atoms with Gasteiger partial charge in [-0.25, -0.2) is 9.78 Å². The first-order chi connectivity index (χ1) is 7.29. The number of nitrogens with one attached hydrogen (secondary N) is 1. The Kier molecular flexibility index (Phi) is 11.6. The largest absolute Gasteiger partial charge is 0.340 e. The summed E-state index contributed by atoms with van der Waals surface area (Å²) < 4.78 is 1.50. The van der Waals surface area contributed by atoms with Gasteiger partial charge < -0.3 is 5.32 Å². The molecule has 0 radical (unpaired) electrons. The van der Waals surface area contributed by atoms with Crippen LogP contribution in [0.15, 0.2) is 12.4 Å². The first-order valence-electron chi connectivity index (χ1n) is 5.54. The Hall–Kier alpha value is -1.32. The van der Waals surface area contributed by atoms with Gasteiger partial charge in [0.15, 0.2) is 0 Å². The molecule has 4 nitrogen and oxygen atoms in total. The van der Waals surface area contributed by atoms with E-state index in [4.69, 9.17) is 0 Å². The van der Waals surface area contributed by atoms with E-state index in [-0.39, 0.29) is 6.03 Å². The lowest BCUT2D eigenvalue weighted by Gasteiger charge is -2.01. The zero-order valence-electron chi connectivity index (χ0n) is 10.7. The first-order valence-corrected chi connectivity index (χ1v) is 5.54. The lowest BCUT2D eigenvalue weighted by Crippen LogP contribution is -2.25. The highest BCUT2D eigenvalue weighted by molar-refractivity contribution is 5.76. The monoisotopic (exact) mass is 213 g/mol. The van der Waals surface area contributed by atoms with Crippen LogP contribution in [0.4, 0.5) is 4.79 Å². The minimum absolute atomic E-state index is 0.139. The van der Waals surface area contributed by atoms with Crippen LogP contribution in [0.5, 0.6) is 0 Å². The maximum atomic E-state index is 11.1. The Labute approximate surface area is 92.7 Å². The average Bonchev–Trinajstić information content (AvgIpc) is 2.81. The van der Waals surface area contributed by atoms with Crippen LogP contribution in [0.25, 0.3) is 0 Å². The molecular weight excluding hydrogens is 190 g/mol. The number of carbonyl (C=O) groups is 1. The summed E-state index contributed by atoms with van der Waals surface area (Å²) in [5, 5.41) is 2.53. The lowest BCUT2D eigenvalue weighted by atomic mass is 10.4. The predicted octanol–water partition coefficient (Wildman–Crippen LogP) is 2.69. The molecule has 1 heterocycles. The van der Waals surface area contributed by atoms with Crippen LogP contribution in [-0.2, 0) is 6.42 Å². The van der Waals surface area contributed by atoms with Crippen LogP contribution < -0.4 is 5.32 Å². The number of aryl methyl sites for hydroxylation is 1. The molecule has 0 saturated carbocycles. The second-order valence-electron chi connectivity index (χ2n) is 2.12. The summed E-state index contributed by atoms with van der Waals surface area (Å²) in [4.78, 5) is 15.1. The van der Waals surface area contributed by atoms with Gasteiger partial charge in [0, 0.05) is 25.9 Å². The van der Waals surface area contributed by atoms with Crippen LogP contribution in [-0.4, -0.2) is 22.6 Å². The van der Waals surface area contributed by atoms with E-state index < -0.39 is 0 Å². The number of aromatic nitrogens is 2. The minimum atomic E-state index is -0.139. The van der Waals surface area contributed by atoms with E-state index >= 15 is 0 Å². The summed E-state index contributed by atoms with van der Waals surface area (Å²) in [7, 11) is 1.60. The third-order valence-corrected chi connectivity index (χ3v) is 1.47. The minimum Gasteiger partial charge on any atom is -0.340 e. The van der Waals surface area contributed by atoms with Crippen molar-refractivity contribution in [2.75, 3.05) is 7.05 Å². The molecule has 0 saturated heterocycles. The Morgan fingerprint density at radius 2 is 1.93 bits per heavy atom. The number of amides is 1. The Morgan fingerprint density at radius 3 is 2.33 bits per heavy atom. The van der Waals surface area contributed by atoms with E-state index in [0.717, 1.165) is 12.2 Å². The van der Waals surface area contributed by atoms with E-state index in [1.165, 1.54) is 4.57 Å². The van der Waals surface area contributed by atoms with Crippen LogP contribution in [0.2, 0.25) is 0 Å². The fraction of sp³-hybridized carbons (Fsp3) is 0.636. The van der Waals surface area contributed by atoms with E-state index in [0.29, 0.717) is 0 Å². The van der Waals surface area contributed by atoms with Crippen molar-refractivity contribution in [3.05, 3.63) is 18.2 Å². The highest BCUT2D eigenvalue weighted by Crippen LogP contribution is 1.96. The number of hydrogen-bond donors (Lipinski definition) is 1. The highest BCUT2D eigenvalue weighted by Gasteiger charge is 2.05. The molecule has 0 aliphatic rings. The van der Waals surface area contributed by atoms with Crippen molar-refractivity contribution in [1.82, 2.24) is 14.9 Å². The van der Waals surface area contributed by atoms with Crippen molar-refractivity contribution in [3.8, 4) is 0 Å². The third-order valence-electron chi connectivity index (χ3n) is 1.47. The van der Waals surface area contributed by atoms with Crippen molar-refractivity contribution in [3.63, 3.8) is 0 Å². The smallest absolute Gasteiger partial charge is 0.326 e. The Bertz CT molecular complexity index is 256. The summed E-state index contributed by atoms with van der Waals surface area (Å²) in [6, 6.07) is -0.139. The molecule has 0 aliphatic carbocycles. The van der Waals surface area contributed by atoms with Gasteiger partial charge >= 0.3 is 6.03 Å². The molecule has 0 spiro atoms. The normalized spacial score (nSPS) is 7.87. The molecule has 1 N–H and O–H groups in total. The SMILES string of the molecule is CC.CC.CCc1nccn1C(=O)NC. The quantitative estimate of drug-likeness (QED) is 0.779. The summed E-state index contributed by atoms with van der Waals surface area (Å²) in [5.41, 5.74) is 0. The number of nitrogens with zero attached hydrogens (tertiary/aromatic N) is 2. The van der Waals surface area contributed by atoms with E-state index in [1.807, 2.05) is 34.6 Å². The second-order valence-corrected chi connectivity index (χ2v) is 2.12. The van der Waals surface area contributed by atoms with Crippen LogP contribution in [0.3, 0.4) is 0 Å². The number of rotatable bonds is 1. The molecule has 0 unspecified atom stereocenters. The third kappa shape index (κ3) is 5.20. The van der Waals surface area contributed by atoms with Crippen molar-refractivity contribution in [2.45, 2.75) is 41.0 Å². The van der Waals surface area contributed by atoms with Gasteiger partial charge in [0.1, 0.15) is 5.82 Å². The predicted molar refractivity (Wildman–Crippen MR) is 64.2 cm³/mol. The maximum Gasteiger partial charge on any atom is 0.326 e. The van der Waals surface area contributed by atoms with Gasteiger partial charge in [-0.2, -0.15) is 0 Å². The maximum absolute atomic E-state index is 11.1. The molecule has 0 fully saturated rings. The van der Waals surface area contributed by atoms with E-state index in [9.17, 15) is 4.79 Å². The van der Waals surface area contributed by atoms with Crippen molar-refractivity contribution in [1.29, 1.82) is 0 Å². The Morgan fingerprint density at radius 1 is 1.40 bits per heavy atom. The van der Waals surface area contributed by atoms with Crippen molar-refractivity contribution < 1.29 is 4.79 Å². The van der Waals surface area contributed by atoms with Gasteiger partial charge in [0.05, 0.1) is 0 Å². The first kappa shape index (κ1) is 16.1.